The van der Waals surface area contributed by atoms with Crippen LogP contribution in [0.5, 0.6) is 0 Å². The smallest absolute Gasteiger partial charge is 0.338 e. The van der Waals surface area contributed by atoms with Crippen LogP contribution in [0.2, 0.25) is 0 Å². The minimum atomic E-state index is -0.277. The van der Waals surface area contributed by atoms with E-state index in [9.17, 15) is 4.79 Å². The van der Waals surface area contributed by atoms with Gasteiger partial charge in [-0.1, -0.05) is 6.92 Å². The second kappa shape index (κ2) is 7.53. The largest absolute Gasteiger partial charge is 0.462 e. The molecule has 0 aliphatic heterocycles. The van der Waals surface area contributed by atoms with E-state index in [-0.39, 0.29) is 5.97 Å². The Kier molecular flexibility index (Phi) is 5.43. The number of hydrogen-bond acceptors (Lipinski definition) is 3. The fourth-order valence-corrected chi connectivity index (χ4v) is 2.20. The van der Waals surface area contributed by atoms with Crippen LogP contribution in [0.1, 0.15) is 36.3 Å². The van der Waals surface area contributed by atoms with Crippen LogP contribution in [0.3, 0.4) is 0 Å². The Balaban J connectivity index is 1.94. The number of ether oxygens (including phenoxy) is 1. The van der Waals surface area contributed by atoms with Crippen LogP contribution in [0.4, 0.5) is 5.69 Å². The van der Waals surface area contributed by atoms with Crippen molar-refractivity contribution in [1.82, 2.24) is 4.57 Å². The van der Waals surface area contributed by atoms with Crippen molar-refractivity contribution in [3.05, 3.63) is 53.9 Å². The molecule has 21 heavy (non-hydrogen) atoms. The van der Waals surface area contributed by atoms with Crippen LogP contribution < -0.4 is 5.32 Å². The van der Waals surface area contributed by atoms with E-state index in [1.54, 1.807) is 19.1 Å². The summed E-state index contributed by atoms with van der Waals surface area (Å²) in [5.41, 5.74) is 2.83. The number of nitrogens with zero attached hydrogens (tertiary/aromatic N) is 1. The molecule has 0 saturated heterocycles. The molecule has 1 aromatic carbocycles. The standard InChI is InChI=1S/C17H22N2O2/c1-3-11-19-12-5-6-16(19)13-18-15-9-7-14(8-10-15)17(20)21-4-2/h5-10,12,18H,3-4,11,13H2,1-2H3. The number of esters is 1. The van der Waals surface area contributed by atoms with E-state index >= 15 is 0 Å². The Hall–Kier alpha value is -2.23. The van der Waals surface area contributed by atoms with Crippen molar-refractivity contribution in [3.8, 4) is 0 Å². The van der Waals surface area contributed by atoms with E-state index in [0.717, 1.165) is 25.2 Å². The Labute approximate surface area is 125 Å². The van der Waals surface area contributed by atoms with Gasteiger partial charge in [0.25, 0.3) is 0 Å². The molecule has 0 aliphatic rings. The van der Waals surface area contributed by atoms with Gasteiger partial charge in [-0.3, -0.25) is 0 Å². The summed E-state index contributed by atoms with van der Waals surface area (Å²) in [6.07, 6.45) is 3.22. The highest BCUT2D eigenvalue weighted by molar-refractivity contribution is 5.89. The highest BCUT2D eigenvalue weighted by Crippen LogP contribution is 2.13. The SMILES string of the molecule is CCCn1cccc1CNc1ccc(C(=O)OCC)cc1. The highest BCUT2D eigenvalue weighted by Gasteiger charge is 2.05. The highest BCUT2D eigenvalue weighted by atomic mass is 16.5. The zero-order chi connectivity index (χ0) is 15.1. The first kappa shape index (κ1) is 15.2. The van der Waals surface area contributed by atoms with E-state index < -0.39 is 0 Å². The summed E-state index contributed by atoms with van der Waals surface area (Å²) >= 11 is 0. The normalized spacial score (nSPS) is 10.4. The minimum absolute atomic E-state index is 0.277. The molecule has 1 heterocycles. The van der Waals surface area contributed by atoms with Crippen LogP contribution >= 0.6 is 0 Å². The van der Waals surface area contributed by atoms with Gasteiger partial charge in [-0.15, -0.1) is 0 Å². The number of carbonyl (C=O) groups excluding carboxylic acids is 1. The number of hydrogen-bond donors (Lipinski definition) is 1. The van der Waals surface area contributed by atoms with Crippen LogP contribution in [0.15, 0.2) is 42.6 Å². The van der Waals surface area contributed by atoms with Gasteiger partial charge in [0, 0.05) is 24.1 Å². The van der Waals surface area contributed by atoms with Crippen molar-refractivity contribution in [3.63, 3.8) is 0 Å². The van der Waals surface area contributed by atoms with Gasteiger partial charge in [0.1, 0.15) is 0 Å². The first-order valence-electron chi connectivity index (χ1n) is 7.39. The fraction of sp³-hybridized carbons (Fsp3) is 0.353. The van der Waals surface area contributed by atoms with E-state index in [1.165, 1.54) is 5.69 Å². The van der Waals surface area contributed by atoms with Crippen LogP contribution in [-0.2, 0) is 17.8 Å². The number of rotatable bonds is 7. The lowest BCUT2D eigenvalue weighted by Crippen LogP contribution is -2.07. The van der Waals surface area contributed by atoms with Crippen molar-refractivity contribution in [1.29, 1.82) is 0 Å². The lowest BCUT2D eigenvalue weighted by molar-refractivity contribution is 0.0526. The lowest BCUT2D eigenvalue weighted by atomic mass is 10.2. The van der Waals surface area contributed by atoms with E-state index in [1.807, 2.05) is 12.1 Å². The molecule has 4 heteroatoms. The van der Waals surface area contributed by atoms with Crippen molar-refractivity contribution >= 4 is 11.7 Å². The summed E-state index contributed by atoms with van der Waals surface area (Å²) in [6, 6.07) is 11.6. The Bertz CT molecular complexity index is 573. The topological polar surface area (TPSA) is 43.3 Å². The summed E-state index contributed by atoms with van der Waals surface area (Å²) in [7, 11) is 0. The van der Waals surface area contributed by atoms with E-state index in [0.29, 0.717) is 12.2 Å². The summed E-state index contributed by atoms with van der Waals surface area (Å²) in [6.45, 7) is 6.18. The number of anilines is 1. The third-order valence-corrected chi connectivity index (χ3v) is 3.26. The molecule has 0 unspecified atom stereocenters. The number of carbonyl (C=O) groups is 1. The van der Waals surface area contributed by atoms with Gasteiger partial charge < -0.3 is 14.6 Å². The van der Waals surface area contributed by atoms with Crippen molar-refractivity contribution in [2.45, 2.75) is 33.4 Å². The van der Waals surface area contributed by atoms with Gasteiger partial charge in [-0.05, 0) is 49.7 Å². The summed E-state index contributed by atoms with van der Waals surface area (Å²) in [5, 5.41) is 3.37. The Morgan fingerprint density at radius 3 is 2.62 bits per heavy atom. The molecule has 0 radical (unpaired) electrons. The molecule has 2 aromatic rings. The maximum absolute atomic E-state index is 11.6. The first-order valence-corrected chi connectivity index (χ1v) is 7.39. The number of benzene rings is 1. The van der Waals surface area contributed by atoms with Gasteiger partial charge in [-0.25, -0.2) is 4.79 Å². The molecular formula is C17H22N2O2. The number of aryl methyl sites for hydroxylation is 1. The summed E-state index contributed by atoms with van der Waals surface area (Å²) < 4.78 is 7.22. The third-order valence-electron chi connectivity index (χ3n) is 3.26. The summed E-state index contributed by atoms with van der Waals surface area (Å²) in [4.78, 5) is 11.6. The lowest BCUT2D eigenvalue weighted by Gasteiger charge is -2.10. The monoisotopic (exact) mass is 286 g/mol. The molecular weight excluding hydrogens is 264 g/mol. The predicted molar refractivity (Wildman–Crippen MR) is 84.4 cm³/mol. The van der Waals surface area contributed by atoms with Crippen LogP contribution in [0.25, 0.3) is 0 Å². The zero-order valence-corrected chi connectivity index (χ0v) is 12.6. The maximum Gasteiger partial charge on any atom is 0.338 e. The Morgan fingerprint density at radius 2 is 1.95 bits per heavy atom. The molecule has 1 N–H and O–H groups in total. The van der Waals surface area contributed by atoms with E-state index in [4.69, 9.17) is 4.74 Å². The molecule has 0 saturated carbocycles. The van der Waals surface area contributed by atoms with E-state index in [2.05, 4.69) is 35.1 Å². The van der Waals surface area contributed by atoms with Crippen molar-refractivity contribution in [2.24, 2.45) is 0 Å². The van der Waals surface area contributed by atoms with Gasteiger partial charge in [0.2, 0.25) is 0 Å². The predicted octanol–water partition coefficient (Wildman–Crippen LogP) is 3.69. The average molecular weight is 286 g/mol. The van der Waals surface area contributed by atoms with Crippen molar-refractivity contribution in [2.75, 3.05) is 11.9 Å². The van der Waals surface area contributed by atoms with Crippen LogP contribution in [-0.4, -0.2) is 17.1 Å². The molecule has 0 atom stereocenters. The molecule has 1 aromatic heterocycles. The Morgan fingerprint density at radius 1 is 1.19 bits per heavy atom. The summed E-state index contributed by atoms with van der Waals surface area (Å²) in [5.74, 6) is -0.277. The molecule has 0 amide bonds. The third kappa shape index (κ3) is 4.12. The second-order valence-electron chi connectivity index (χ2n) is 4.84. The molecule has 2 rings (SSSR count). The van der Waals surface area contributed by atoms with Crippen LogP contribution in [0, 0.1) is 0 Å². The molecule has 0 spiro atoms. The van der Waals surface area contributed by atoms with Gasteiger partial charge >= 0.3 is 5.97 Å². The number of aromatic nitrogens is 1. The average Bonchev–Trinajstić information content (AvgIpc) is 2.94. The first-order chi connectivity index (χ1) is 10.2. The van der Waals surface area contributed by atoms with Gasteiger partial charge in [-0.2, -0.15) is 0 Å². The maximum atomic E-state index is 11.6. The van der Waals surface area contributed by atoms with Gasteiger partial charge in [0.15, 0.2) is 0 Å². The minimum Gasteiger partial charge on any atom is -0.462 e. The molecule has 4 nitrogen and oxygen atoms in total. The molecule has 0 bridgehead atoms. The van der Waals surface area contributed by atoms with Crippen molar-refractivity contribution < 1.29 is 9.53 Å². The number of nitrogens with one attached hydrogen (secondary N) is 1. The van der Waals surface area contributed by atoms with Gasteiger partial charge in [0.05, 0.1) is 18.7 Å². The molecule has 0 fully saturated rings. The fourth-order valence-electron chi connectivity index (χ4n) is 2.20. The second-order valence-corrected chi connectivity index (χ2v) is 4.84. The molecule has 0 aliphatic carbocycles. The quantitative estimate of drug-likeness (QED) is 0.789. The molecule has 112 valence electrons. The zero-order valence-electron chi connectivity index (χ0n) is 12.6.